The van der Waals surface area contributed by atoms with E-state index in [1.165, 1.54) is 24.6 Å². The quantitative estimate of drug-likeness (QED) is 0.716. The zero-order chi connectivity index (χ0) is 19.2. The maximum absolute atomic E-state index is 12.2. The van der Waals surface area contributed by atoms with Crippen molar-refractivity contribution in [1.29, 1.82) is 0 Å². The second-order valence-corrected chi connectivity index (χ2v) is 6.94. The zero-order valence-electron chi connectivity index (χ0n) is 15.7. The van der Waals surface area contributed by atoms with Gasteiger partial charge in [0.25, 0.3) is 5.91 Å². The van der Waals surface area contributed by atoms with Gasteiger partial charge in [-0.05, 0) is 49.8 Å². The third-order valence-corrected chi connectivity index (χ3v) is 4.91. The minimum absolute atomic E-state index is 0.189. The Morgan fingerprint density at radius 1 is 1.11 bits per heavy atom. The van der Waals surface area contributed by atoms with Gasteiger partial charge >= 0.3 is 0 Å². The first kappa shape index (κ1) is 18.3. The van der Waals surface area contributed by atoms with Gasteiger partial charge < -0.3 is 20.1 Å². The van der Waals surface area contributed by atoms with E-state index >= 15 is 0 Å². The van der Waals surface area contributed by atoms with Crippen LogP contribution in [0.15, 0.2) is 42.2 Å². The number of nitrogens with zero attached hydrogens (tertiary/aromatic N) is 2. The Hall–Kier alpha value is -3.09. The van der Waals surface area contributed by atoms with Crippen molar-refractivity contribution in [3.63, 3.8) is 0 Å². The molecule has 0 spiro atoms. The topological polar surface area (TPSA) is 85.4 Å². The highest BCUT2D eigenvalue weighted by atomic mass is 16.7. The summed E-state index contributed by atoms with van der Waals surface area (Å²) in [5.41, 5.74) is 2.82. The zero-order valence-corrected chi connectivity index (χ0v) is 15.7. The fraction of sp³-hybridized carbons (Fsp3) is 0.381. The molecular weight excluding hydrogens is 356 g/mol. The lowest BCUT2D eigenvalue weighted by Gasteiger charge is -2.12. The molecular formula is C21H24N4O3. The van der Waals surface area contributed by atoms with Crippen LogP contribution >= 0.6 is 0 Å². The average Bonchev–Trinajstić information content (AvgIpc) is 3.21. The second-order valence-electron chi connectivity index (χ2n) is 6.94. The van der Waals surface area contributed by atoms with Crippen LogP contribution in [0.1, 0.15) is 48.2 Å². The molecule has 0 fully saturated rings. The molecule has 0 atom stereocenters. The van der Waals surface area contributed by atoms with E-state index in [9.17, 15) is 4.79 Å². The summed E-state index contributed by atoms with van der Waals surface area (Å²) in [4.78, 5) is 20.7. The molecule has 1 aromatic carbocycles. The molecule has 2 N–H and O–H groups in total. The molecule has 7 heteroatoms. The first-order chi connectivity index (χ1) is 13.8. The molecule has 0 saturated heterocycles. The van der Waals surface area contributed by atoms with Crippen LogP contribution in [0.3, 0.4) is 0 Å². The van der Waals surface area contributed by atoms with Gasteiger partial charge in [-0.1, -0.05) is 17.7 Å². The van der Waals surface area contributed by atoms with Crippen molar-refractivity contribution in [2.45, 2.75) is 38.6 Å². The van der Waals surface area contributed by atoms with Crippen molar-refractivity contribution in [2.75, 3.05) is 18.7 Å². The Kier molecular flexibility index (Phi) is 5.70. The molecule has 28 heavy (non-hydrogen) atoms. The summed E-state index contributed by atoms with van der Waals surface area (Å²) in [7, 11) is 0. The number of rotatable bonds is 7. The number of hydrogen-bond donors (Lipinski definition) is 2. The van der Waals surface area contributed by atoms with Crippen LogP contribution in [-0.2, 0) is 6.54 Å². The SMILES string of the molecule is O=C(NCCC1=CCCCC1)c1cnc(NCc2ccc3c(c2)OCO3)cn1. The van der Waals surface area contributed by atoms with Gasteiger partial charge in [-0.15, -0.1) is 0 Å². The van der Waals surface area contributed by atoms with E-state index in [0.29, 0.717) is 24.6 Å². The van der Waals surface area contributed by atoms with E-state index in [1.807, 2.05) is 18.2 Å². The van der Waals surface area contributed by atoms with Crippen molar-refractivity contribution in [1.82, 2.24) is 15.3 Å². The summed E-state index contributed by atoms with van der Waals surface area (Å²) in [6.45, 7) is 1.47. The third-order valence-electron chi connectivity index (χ3n) is 4.91. The molecule has 2 aromatic rings. The van der Waals surface area contributed by atoms with Gasteiger partial charge in [0, 0.05) is 13.1 Å². The monoisotopic (exact) mass is 380 g/mol. The summed E-state index contributed by atoms with van der Waals surface area (Å²) in [6.07, 6.45) is 11.1. The molecule has 0 saturated carbocycles. The van der Waals surface area contributed by atoms with Crippen LogP contribution in [-0.4, -0.2) is 29.2 Å². The van der Waals surface area contributed by atoms with Gasteiger partial charge in [-0.3, -0.25) is 4.79 Å². The summed E-state index contributed by atoms with van der Waals surface area (Å²) in [5.74, 6) is 1.94. The van der Waals surface area contributed by atoms with Crippen LogP contribution in [0.4, 0.5) is 5.82 Å². The van der Waals surface area contributed by atoms with Gasteiger partial charge in [-0.25, -0.2) is 9.97 Å². The van der Waals surface area contributed by atoms with Crippen LogP contribution in [0.25, 0.3) is 0 Å². The van der Waals surface area contributed by atoms with Crippen LogP contribution in [0.2, 0.25) is 0 Å². The predicted molar refractivity (Wildman–Crippen MR) is 105 cm³/mol. The molecule has 7 nitrogen and oxygen atoms in total. The third kappa shape index (κ3) is 4.60. The highest BCUT2D eigenvalue weighted by molar-refractivity contribution is 5.91. The lowest BCUT2D eigenvalue weighted by Crippen LogP contribution is -2.26. The number of nitrogens with one attached hydrogen (secondary N) is 2. The standard InChI is InChI=1S/C21H24N4O3/c26-21(22-9-8-15-4-2-1-3-5-15)17-12-25-20(13-23-17)24-11-16-6-7-18-19(10-16)28-14-27-18/h4,6-7,10,12-13H,1-3,5,8-9,11,14H2,(H,22,26)(H,24,25). The van der Waals surface area contributed by atoms with Crippen molar-refractivity contribution in [3.8, 4) is 11.5 Å². The fourth-order valence-corrected chi connectivity index (χ4v) is 3.34. The molecule has 0 unspecified atom stereocenters. The first-order valence-corrected chi connectivity index (χ1v) is 9.68. The van der Waals surface area contributed by atoms with Crippen molar-refractivity contribution >= 4 is 11.7 Å². The second kappa shape index (κ2) is 8.73. The van der Waals surface area contributed by atoms with E-state index in [4.69, 9.17) is 9.47 Å². The lowest BCUT2D eigenvalue weighted by atomic mass is 9.97. The van der Waals surface area contributed by atoms with Crippen molar-refractivity contribution < 1.29 is 14.3 Å². The number of ether oxygens (including phenoxy) is 2. The maximum Gasteiger partial charge on any atom is 0.271 e. The Morgan fingerprint density at radius 3 is 2.86 bits per heavy atom. The minimum atomic E-state index is -0.189. The predicted octanol–water partition coefficient (Wildman–Crippen LogP) is 3.44. The van der Waals surface area contributed by atoms with Crippen molar-refractivity contribution in [2.24, 2.45) is 0 Å². The number of aromatic nitrogens is 2. The fourth-order valence-electron chi connectivity index (χ4n) is 3.34. The smallest absolute Gasteiger partial charge is 0.271 e. The van der Waals surface area contributed by atoms with E-state index in [-0.39, 0.29) is 12.7 Å². The maximum atomic E-state index is 12.2. The van der Waals surface area contributed by atoms with E-state index < -0.39 is 0 Å². The van der Waals surface area contributed by atoms with Gasteiger partial charge in [0.05, 0.1) is 12.4 Å². The number of benzene rings is 1. The molecule has 2 aliphatic rings. The number of hydrogen-bond acceptors (Lipinski definition) is 6. The molecule has 1 aromatic heterocycles. The summed E-state index contributed by atoms with van der Waals surface area (Å²) in [6, 6.07) is 5.80. The summed E-state index contributed by atoms with van der Waals surface area (Å²) >= 11 is 0. The molecule has 2 heterocycles. The van der Waals surface area contributed by atoms with E-state index in [1.54, 1.807) is 6.20 Å². The van der Waals surface area contributed by atoms with Crippen LogP contribution in [0, 0.1) is 0 Å². The number of amides is 1. The summed E-state index contributed by atoms with van der Waals surface area (Å²) < 4.78 is 10.7. The largest absolute Gasteiger partial charge is 0.454 e. The number of anilines is 1. The Labute approximate surface area is 164 Å². The van der Waals surface area contributed by atoms with Crippen LogP contribution < -0.4 is 20.1 Å². The Balaban J connectivity index is 1.25. The molecule has 0 radical (unpaired) electrons. The molecule has 146 valence electrons. The molecule has 1 amide bonds. The number of carbonyl (C=O) groups is 1. The number of carbonyl (C=O) groups excluding carboxylic acids is 1. The average molecular weight is 380 g/mol. The number of allylic oxidation sites excluding steroid dienone is 1. The van der Waals surface area contributed by atoms with Crippen molar-refractivity contribution in [3.05, 3.63) is 53.5 Å². The molecule has 4 rings (SSSR count). The Bertz CT molecular complexity index is 864. The molecule has 1 aliphatic heterocycles. The van der Waals surface area contributed by atoms with E-state index in [0.717, 1.165) is 36.3 Å². The lowest BCUT2D eigenvalue weighted by molar-refractivity contribution is 0.0948. The molecule has 1 aliphatic carbocycles. The Morgan fingerprint density at radius 2 is 2.04 bits per heavy atom. The van der Waals surface area contributed by atoms with Gasteiger partial charge in [-0.2, -0.15) is 0 Å². The van der Waals surface area contributed by atoms with Gasteiger partial charge in [0.2, 0.25) is 6.79 Å². The normalized spacial score (nSPS) is 15.1. The molecule has 0 bridgehead atoms. The first-order valence-electron chi connectivity index (χ1n) is 9.68. The van der Waals surface area contributed by atoms with E-state index in [2.05, 4.69) is 26.7 Å². The van der Waals surface area contributed by atoms with Crippen LogP contribution in [0.5, 0.6) is 11.5 Å². The summed E-state index contributed by atoms with van der Waals surface area (Å²) in [5, 5.41) is 6.11. The number of fused-ring (bicyclic) bond motifs is 1. The highest BCUT2D eigenvalue weighted by Crippen LogP contribution is 2.32. The van der Waals surface area contributed by atoms with Gasteiger partial charge in [0.15, 0.2) is 11.5 Å². The highest BCUT2D eigenvalue weighted by Gasteiger charge is 2.13. The minimum Gasteiger partial charge on any atom is -0.454 e. The van der Waals surface area contributed by atoms with Gasteiger partial charge in [0.1, 0.15) is 11.5 Å².